The Hall–Kier alpha value is -3.14. The van der Waals surface area contributed by atoms with E-state index in [-0.39, 0.29) is 30.2 Å². The van der Waals surface area contributed by atoms with E-state index in [0.717, 1.165) is 43.6 Å². The fourth-order valence-electron chi connectivity index (χ4n) is 4.70. The molecule has 1 aromatic carbocycles. The predicted molar refractivity (Wildman–Crippen MR) is 126 cm³/mol. The molecule has 1 atom stereocenters. The molecule has 2 aliphatic rings. The summed E-state index contributed by atoms with van der Waals surface area (Å²) in [7, 11) is 1.70. The molecule has 184 valence electrons. The summed E-state index contributed by atoms with van der Waals surface area (Å²) in [5, 5.41) is 5.29. The Balaban J connectivity index is 1.42. The first kappa shape index (κ1) is 24.0. The van der Waals surface area contributed by atoms with E-state index in [1.807, 2.05) is 39.0 Å². The first-order chi connectivity index (χ1) is 16.0. The number of benzene rings is 1. The van der Waals surface area contributed by atoms with Crippen LogP contribution in [0.3, 0.4) is 0 Å². The molecule has 1 aromatic heterocycles. The zero-order chi connectivity index (χ0) is 24.6. The molecule has 0 radical (unpaired) electrons. The van der Waals surface area contributed by atoms with Crippen LogP contribution >= 0.6 is 0 Å². The number of carbonyl (C=O) groups is 3. The lowest BCUT2D eigenvalue weighted by Gasteiger charge is -2.32. The number of carbonyl (C=O) groups excluding carboxylic acids is 3. The number of fused-ring (bicyclic) bond motifs is 1. The zero-order valence-electron chi connectivity index (χ0n) is 20.2. The summed E-state index contributed by atoms with van der Waals surface area (Å²) in [5.41, 5.74) is 1.73. The summed E-state index contributed by atoms with van der Waals surface area (Å²) in [4.78, 5) is 51.1. The zero-order valence-corrected chi connectivity index (χ0v) is 20.2. The Labute approximate surface area is 198 Å². The smallest absolute Gasteiger partial charge is 0.407 e. The quantitative estimate of drug-likeness (QED) is 0.658. The van der Waals surface area contributed by atoms with Crippen LogP contribution in [0.15, 0.2) is 23.0 Å². The lowest BCUT2D eigenvalue weighted by molar-refractivity contribution is -0.135. The molecule has 10 nitrogen and oxygen atoms in total. The van der Waals surface area contributed by atoms with Gasteiger partial charge in [-0.2, -0.15) is 0 Å². The van der Waals surface area contributed by atoms with Gasteiger partial charge in [-0.05, 0) is 57.7 Å². The minimum Gasteiger partial charge on any atom is -0.444 e. The van der Waals surface area contributed by atoms with Gasteiger partial charge in [0, 0.05) is 39.1 Å². The lowest BCUT2D eigenvalue weighted by atomic mass is 10.0. The van der Waals surface area contributed by atoms with Crippen LogP contribution in [0, 0.1) is 0 Å². The molecule has 2 aromatic rings. The molecule has 2 aliphatic heterocycles. The molecule has 3 amide bonds. The molecule has 4 rings (SSSR count). The van der Waals surface area contributed by atoms with Crippen LogP contribution in [0.25, 0.3) is 11.0 Å². The Morgan fingerprint density at radius 2 is 1.82 bits per heavy atom. The van der Waals surface area contributed by atoms with Gasteiger partial charge in [0.25, 0.3) is 0 Å². The summed E-state index contributed by atoms with van der Waals surface area (Å²) >= 11 is 0. The molecule has 3 heterocycles. The molecular formula is C24H33N5O5. The van der Waals surface area contributed by atoms with Gasteiger partial charge < -0.3 is 10.1 Å². The average Bonchev–Trinajstić information content (AvgIpc) is 2.98. The normalized spacial score (nSPS) is 20.4. The Morgan fingerprint density at radius 3 is 2.47 bits per heavy atom. The maximum Gasteiger partial charge on any atom is 0.407 e. The van der Waals surface area contributed by atoms with E-state index in [1.165, 1.54) is 4.57 Å². The third-order valence-corrected chi connectivity index (χ3v) is 6.39. The van der Waals surface area contributed by atoms with E-state index in [1.54, 1.807) is 11.6 Å². The van der Waals surface area contributed by atoms with Gasteiger partial charge in [-0.15, -0.1) is 0 Å². The van der Waals surface area contributed by atoms with Crippen molar-refractivity contribution in [2.24, 2.45) is 7.05 Å². The molecule has 0 aliphatic carbocycles. The summed E-state index contributed by atoms with van der Waals surface area (Å²) in [6.07, 6.45) is 1.84. The molecule has 2 fully saturated rings. The second-order valence-corrected chi connectivity index (χ2v) is 10.2. The number of hydrogen-bond donors (Lipinski definition) is 2. The van der Waals surface area contributed by atoms with Crippen molar-refractivity contribution in [1.82, 2.24) is 24.7 Å². The number of imidazole rings is 1. The third-order valence-electron chi connectivity index (χ3n) is 6.39. The fraction of sp³-hybridized carbons (Fsp3) is 0.583. The number of amides is 3. The molecule has 10 heteroatoms. The van der Waals surface area contributed by atoms with E-state index in [9.17, 15) is 19.2 Å². The molecule has 2 N–H and O–H groups in total. The number of ether oxygens (including phenoxy) is 1. The molecule has 1 unspecified atom stereocenters. The highest BCUT2D eigenvalue weighted by Crippen LogP contribution is 2.24. The van der Waals surface area contributed by atoms with Crippen molar-refractivity contribution >= 4 is 28.9 Å². The van der Waals surface area contributed by atoms with Crippen LogP contribution in [0.4, 0.5) is 4.79 Å². The van der Waals surface area contributed by atoms with E-state index < -0.39 is 17.6 Å². The maximum atomic E-state index is 12.9. The highest BCUT2D eigenvalue weighted by atomic mass is 16.6. The summed E-state index contributed by atoms with van der Waals surface area (Å²) in [6, 6.07) is 5.26. The number of nitrogens with one attached hydrogen (secondary N) is 2. The highest BCUT2D eigenvalue weighted by molar-refractivity contribution is 6.00. The van der Waals surface area contributed by atoms with Gasteiger partial charge in [-0.1, -0.05) is 6.07 Å². The van der Waals surface area contributed by atoms with Gasteiger partial charge in [0.15, 0.2) is 0 Å². The van der Waals surface area contributed by atoms with Crippen LogP contribution in [-0.4, -0.2) is 56.7 Å². The minimum atomic E-state index is -0.684. The fourth-order valence-corrected chi connectivity index (χ4v) is 4.70. The SMILES string of the molecule is Cn1c(=O)n(C2CCC(=O)NC2=O)c2ccc(CN3CCC(NC(=O)OC(C)(C)C)CC3)cc21. The molecule has 0 saturated carbocycles. The van der Waals surface area contributed by atoms with Gasteiger partial charge in [0.05, 0.1) is 11.0 Å². The van der Waals surface area contributed by atoms with E-state index in [0.29, 0.717) is 11.9 Å². The summed E-state index contributed by atoms with van der Waals surface area (Å²) in [5.74, 6) is -0.736. The number of imide groups is 1. The number of aryl methyl sites for hydroxylation is 1. The van der Waals surface area contributed by atoms with Crippen molar-refractivity contribution in [3.8, 4) is 0 Å². The topological polar surface area (TPSA) is 115 Å². The number of likely N-dealkylation sites (tertiary alicyclic amines) is 1. The summed E-state index contributed by atoms with van der Waals surface area (Å²) in [6.45, 7) is 7.96. The highest BCUT2D eigenvalue weighted by Gasteiger charge is 2.31. The van der Waals surface area contributed by atoms with Crippen molar-refractivity contribution in [2.75, 3.05) is 13.1 Å². The van der Waals surface area contributed by atoms with Gasteiger partial charge in [0.1, 0.15) is 11.6 Å². The van der Waals surface area contributed by atoms with Crippen molar-refractivity contribution < 1.29 is 19.1 Å². The van der Waals surface area contributed by atoms with Gasteiger partial charge in [-0.3, -0.25) is 28.9 Å². The van der Waals surface area contributed by atoms with Crippen LogP contribution in [0.2, 0.25) is 0 Å². The molecule has 2 saturated heterocycles. The largest absolute Gasteiger partial charge is 0.444 e. The van der Waals surface area contributed by atoms with Crippen molar-refractivity contribution in [1.29, 1.82) is 0 Å². The van der Waals surface area contributed by atoms with E-state index >= 15 is 0 Å². The van der Waals surface area contributed by atoms with Crippen LogP contribution in [0.5, 0.6) is 0 Å². The second kappa shape index (κ2) is 9.25. The third kappa shape index (κ3) is 5.16. The minimum absolute atomic E-state index is 0.0944. The number of hydrogen-bond acceptors (Lipinski definition) is 6. The Bertz CT molecular complexity index is 1170. The predicted octanol–water partition coefficient (Wildman–Crippen LogP) is 1.81. The Morgan fingerprint density at radius 1 is 1.12 bits per heavy atom. The molecule has 34 heavy (non-hydrogen) atoms. The van der Waals surface area contributed by atoms with Crippen molar-refractivity contribution in [3.63, 3.8) is 0 Å². The maximum absolute atomic E-state index is 12.9. The Kier molecular flexibility index (Phi) is 6.53. The second-order valence-electron chi connectivity index (χ2n) is 10.2. The van der Waals surface area contributed by atoms with E-state index in [4.69, 9.17) is 4.74 Å². The standard InChI is InChI=1S/C24H33N5O5/c1-24(2,3)34-22(32)25-16-9-11-28(12-10-16)14-15-5-6-17-19(13-15)27(4)23(33)29(17)18-7-8-20(30)26-21(18)31/h5-6,13,16,18H,7-12,14H2,1-4H3,(H,25,32)(H,26,30,31). The van der Waals surface area contributed by atoms with E-state index in [2.05, 4.69) is 15.5 Å². The number of rotatable bonds is 4. The summed E-state index contributed by atoms with van der Waals surface area (Å²) < 4.78 is 8.40. The molecule has 0 bridgehead atoms. The monoisotopic (exact) mass is 471 g/mol. The van der Waals surface area contributed by atoms with Gasteiger partial charge >= 0.3 is 11.8 Å². The van der Waals surface area contributed by atoms with Crippen LogP contribution in [0.1, 0.15) is 58.1 Å². The van der Waals surface area contributed by atoms with Gasteiger partial charge in [0.2, 0.25) is 11.8 Å². The number of nitrogens with zero attached hydrogens (tertiary/aromatic N) is 3. The lowest BCUT2D eigenvalue weighted by Crippen LogP contribution is -2.45. The number of alkyl carbamates (subject to hydrolysis) is 1. The number of aromatic nitrogens is 2. The average molecular weight is 472 g/mol. The van der Waals surface area contributed by atoms with Crippen LogP contribution in [-0.2, 0) is 27.9 Å². The van der Waals surface area contributed by atoms with Crippen molar-refractivity contribution in [3.05, 3.63) is 34.2 Å². The van der Waals surface area contributed by atoms with Crippen molar-refractivity contribution in [2.45, 2.75) is 70.7 Å². The first-order valence-corrected chi connectivity index (χ1v) is 11.8. The first-order valence-electron chi connectivity index (χ1n) is 11.8. The number of piperidine rings is 2. The molecular weight excluding hydrogens is 438 g/mol. The van der Waals surface area contributed by atoms with Gasteiger partial charge in [-0.25, -0.2) is 9.59 Å². The van der Waals surface area contributed by atoms with Crippen LogP contribution < -0.4 is 16.3 Å². The molecule has 0 spiro atoms.